The molecule has 3 aromatic rings. The van der Waals surface area contributed by atoms with Crippen LogP contribution in [-0.2, 0) is 9.53 Å². The average Bonchev–Trinajstić information content (AvgIpc) is 3.58. The summed E-state index contributed by atoms with van der Waals surface area (Å²) in [6.45, 7) is 11.3. The van der Waals surface area contributed by atoms with Crippen LogP contribution in [0.5, 0.6) is 5.75 Å². The van der Waals surface area contributed by atoms with E-state index in [0.29, 0.717) is 56.4 Å². The smallest absolute Gasteiger partial charge is 0.410 e. The first-order valence-electron chi connectivity index (χ1n) is 13.5. The first kappa shape index (κ1) is 30.4. The van der Waals surface area contributed by atoms with Crippen molar-refractivity contribution in [3.05, 3.63) is 52.3 Å². The highest BCUT2D eigenvalue weighted by molar-refractivity contribution is 6.31. The van der Waals surface area contributed by atoms with Crippen LogP contribution in [0.25, 0.3) is 10.9 Å². The lowest BCUT2D eigenvalue weighted by Gasteiger charge is -2.33. The summed E-state index contributed by atoms with van der Waals surface area (Å²) in [4.78, 5) is 35.3. The fourth-order valence-electron chi connectivity index (χ4n) is 5.07. The molecule has 2 aliphatic rings. The van der Waals surface area contributed by atoms with E-state index in [4.69, 9.17) is 21.1 Å². The van der Waals surface area contributed by atoms with Crippen LogP contribution in [0.3, 0.4) is 0 Å². The van der Waals surface area contributed by atoms with Gasteiger partial charge in [-0.15, -0.1) is 0 Å². The van der Waals surface area contributed by atoms with E-state index in [1.165, 1.54) is 19.4 Å². The van der Waals surface area contributed by atoms with Crippen molar-refractivity contribution in [1.82, 2.24) is 19.8 Å². The van der Waals surface area contributed by atoms with E-state index in [9.17, 15) is 18.4 Å². The van der Waals surface area contributed by atoms with Crippen LogP contribution in [0.4, 0.5) is 19.4 Å². The first-order chi connectivity index (χ1) is 19.4. The normalized spacial score (nSPS) is 17.4. The summed E-state index contributed by atoms with van der Waals surface area (Å²) in [6, 6.07) is 4.93. The number of H-pyrrole nitrogens is 1. The number of hydrogen-bond acceptors (Lipinski definition) is 6. The Kier molecular flexibility index (Phi) is 9.26. The van der Waals surface area contributed by atoms with Gasteiger partial charge in [0.1, 0.15) is 11.4 Å². The zero-order valence-corrected chi connectivity index (χ0v) is 24.7. The summed E-state index contributed by atoms with van der Waals surface area (Å²) < 4.78 is 37.8. The van der Waals surface area contributed by atoms with Gasteiger partial charge in [0.05, 0.1) is 23.8 Å². The highest BCUT2D eigenvalue weighted by Crippen LogP contribution is 2.37. The van der Waals surface area contributed by atoms with Crippen LogP contribution in [0.2, 0.25) is 5.02 Å². The van der Waals surface area contributed by atoms with E-state index in [0.717, 1.165) is 29.5 Å². The highest BCUT2D eigenvalue weighted by atomic mass is 35.5. The number of piperazine rings is 1. The van der Waals surface area contributed by atoms with Gasteiger partial charge in [-0.05, 0) is 51.8 Å². The molecule has 1 atom stereocenters. The Morgan fingerprint density at radius 1 is 1.15 bits per heavy atom. The molecule has 2 aromatic heterocycles. The number of pyridine rings is 1. The highest BCUT2D eigenvalue weighted by Gasteiger charge is 2.32. The molecule has 4 heterocycles. The molecular formula is C29H36ClF2N5O4. The molecule has 12 heteroatoms. The van der Waals surface area contributed by atoms with Gasteiger partial charge in [-0.1, -0.05) is 11.6 Å². The van der Waals surface area contributed by atoms with Crippen molar-refractivity contribution in [2.45, 2.75) is 45.6 Å². The molecule has 1 aromatic carbocycles. The molecule has 0 bridgehead atoms. The predicted molar refractivity (Wildman–Crippen MR) is 154 cm³/mol. The van der Waals surface area contributed by atoms with Gasteiger partial charge in [0, 0.05) is 62.3 Å². The van der Waals surface area contributed by atoms with Crippen LogP contribution in [0.15, 0.2) is 24.4 Å². The number of nitrogens with zero attached hydrogens (tertiary/aromatic N) is 4. The van der Waals surface area contributed by atoms with Crippen molar-refractivity contribution in [3.63, 3.8) is 0 Å². The Balaban J connectivity index is 0.000000201. The summed E-state index contributed by atoms with van der Waals surface area (Å²) in [6.07, 6.45) is 2.51. The fraction of sp³-hybridized carbons (Fsp3) is 0.483. The number of aryl methyl sites for hydroxylation is 1. The van der Waals surface area contributed by atoms with Gasteiger partial charge in [-0.25, -0.2) is 18.6 Å². The number of hydrogen-bond donors (Lipinski definition) is 1. The van der Waals surface area contributed by atoms with E-state index in [1.807, 2.05) is 38.7 Å². The van der Waals surface area contributed by atoms with Gasteiger partial charge in [0.2, 0.25) is 6.41 Å². The minimum atomic E-state index is -0.515. The van der Waals surface area contributed by atoms with E-state index in [1.54, 1.807) is 15.9 Å². The number of halogens is 3. The third-order valence-electron chi connectivity index (χ3n) is 7.04. The zero-order chi connectivity index (χ0) is 29.9. The lowest BCUT2D eigenvalue weighted by molar-refractivity contribution is -0.118. The largest absolute Gasteiger partial charge is 0.493 e. The van der Waals surface area contributed by atoms with E-state index in [2.05, 4.69) is 9.97 Å². The summed E-state index contributed by atoms with van der Waals surface area (Å²) in [7, 11) is 1.49. The molecule has 0 spiro atoms. The number of aromatic nitrogens is 2. The molecule has 2 fully saturated rings. The van der Waals surface area contributed by atoms with Gasteiger partial charge in [-0.2, -0.15) is 0 Å². The number of aromatic amines is 1. The van der Waals surface area contributed by atoms with E-state index < -0.39 is 17.2 Å². The molecule has 0 radical (unpaired) electrons. The number of rotatable bonds is 4. The van der Waals surface area contributed by atoms with Crippen molar-refractivity contribution in [2.75, 3.05) is 51.3 Å². The number of benzene rings is 1. The number of amides is 2. The topological polar surface area (TPSA) is 91.0 Å². The molecule has 0 saturated carbocycles. The number of fused-ring (bicyclic) bond motifs is 1. The van der Waals surface area contributed by atoms with Gasteiger partial charge in [0.25, 0.3) is 0 Å². The number of likely N-dealkylation sites (tertiary alicyclic amines) is 1. The standard InChI is InChI=1S/C18H22ClFN2O2.C11H14FN3O2/c1-10-7-13-12(8-14(19)15(20)16(13)21-10)11-5-6-22(9-11)17(23)24-18(2,3)4;1-17-10-6-9(12)7-13-11(10)15-4-2-14(8-16)3-5-15/h7-8,11,21H,5-6,9H2,1-4H3;6-8H,2-5H2,1H3. The molecule has 2 aliphatic heterocycles. The summed E-state index contributed by atoms with van der Waals surface area (Å²) in [5.74, 6) is 0.319. The Morgan fingerprint density at radius 3 is 2.49 bits per heavy atom. The second-order valence-electron chi connectivity index (χ2n) is 11.2. The lowest BCUT2D eigenvalue weighted by atomic mass is 9.95. The lowest BCUT2D eigenvalue weighted by Crippen LogP contribution is -2.46. The molecule has 9 nitrogen and oxygen atoms in total. The Hall–Kier alpha value is -3.60. The second-order valence-corrected chi connectivity index (χ2v) is 11.6. The minimum Gasteiger partial charge on any atom is -0.493 e. The van der Waals surface area contributed by atoms with Gasteiger partial charge in [-0.3, -0.25) is 4.79 Å². The van der Waals surface area contributed by atoms with Crippen LogP contribution in [-0.4, -0.2) is 84.3 Å². The van der Waals surface area contributed by atoms with Crippen LogP contribution >= 0.6 is 11.6 Å². The SMILES string of the molecule is COc1cc(F)cnc1N1CCN(C=O)CC1.Cc1cc2c(C3CCN(C(=O)OC(C)(C)C)C3)cc(Cl)c(F)c2[nH]1. The van der Waals surface area contributed by atoms with Crippen LogP contribution in [0.1, 0.15) is 44.4 Å². The number of nitrogens with one attached hydrogen (secondary N) is 1. The number of methoxy groups -OCH3 is 1. The number of ether oxygens (including phenoxy) is 2. The third-order valence-corrected chi connectivity index (χ3v) is 7.31. The second kappa shape index (κ2) is 12.5. The van der Waals surface area contributed by atoms with Crippen molar-refractivity contribution < 1.29 is 27.8 Å². The third kappa shape index (κ3) is 7.19. The maximum absolute atomic E-state index is 14.2. The average molecular weight is 592 g/mol. The fourth-order valence-corrected chi connectivity index (χ4v) is 5.28. The maximum Gasteiger partial charge on any atom is 0.410 e. The van der Waals surface area contributed by atoms with Crippen LogP contribution in [0, 0.1) is 18.6 Å². The summed E-state index contributed by atoms with van der Waals surface area (Å²) in [5, 5.41) is 0.945. The van der Waals surface area contributed by atoms with Gasteiger partial charge < -0.3 is 29.2 Å². The molecule has 222 valence electrons. The summed E-state index contributed by atoms with van der Waals surface area (Å²) in [5.41, 5.74) is 1.78. The molecule has 5 rings (SSSR count). The zero-order valence-electron chi connectivity index (χ0n) is 24.0. The number of carbonyl (C=O) groups is 2. The molecule has 2 amide bonds. The van der Waals surface area contributed by atoms with Crippen molar-refractivity contribution >= 4 is 40.8 Å². The Morgan fingerprint density at radius 2 is 1.85 bits per heavy atom. The summed E-state index contributed by atoms with van der Waals surface area (Å²) >= 11 is 6.07. The monoisotopic (exact) mass is 591 g/mol. The van der Waals surface area contributed by atoms with Gasteiger partial charge in [0.15, 0.2) is 17.4 Å². The van der Waals surface area contributed by atoms with Crippen molar-refractivity contribution in [2.24, 2.45) is 0 Å². The molecule has 41 heavy (non-hydrogen) atoms. The predicted octanol–water partition coefficient (Wildman–Crippen LogP) is 5.50. The molecule has 2 saturated heterocycles. The Labute approximate surface area is 243 Å². The molecule has 0 aliphatic carbocycles. The van der Waals surface area contributed by atoms with E-state index in [-0.39, 0.29) is 17.0 Å². The minimum absolute atomic E-state index is 0.107. The van der Waals surface area contributed by atoms with Gasteiger partial charge >= 0.3 is 6.09 Å². The van der Waals surface area contributed by atoms with Crippen molar-refractivity contribution in [1.29, 1.82) is 0 Å². The molecule has 1 N–H and O–H groups in total. The van der Waals surface area contributed by atoms with Crippen molar-refractivity contribution in [3.8, 4) is 5.75 Å². The first-order valence-corrected chi connectivity index (χ1v) is 13.9. The maximum atomic E-state index is 14.2. The molecular weight excluding hydrogens is 556 g/mol. The van der Waals surface area contributed by atoms with Crippen LogP contribution < -0.4 is 9.64 Å². The quantitative estimate of drug-likeness (QED) is 0.403. The van der Waals surface area contributed by atoms with E-state index >= 15 is 0 Å². The number of carbonyl (C=O) groups excluding carboxylic acids is 2. The number of anilines is 1. The molecule has 1 unspecified atom stereocenters. The Bertz CT molecular complexity index is 1400.